The van der Waals surface area contributed by atoms with Gasteiger partial charge in [-0.05, 0) is 103 Å². The molecular weight excluding hydrogens is 581 g/mol. The van der Waals surface area contributed by atoms with E-state index in [0.717, 1.165) is 74.4 Å². The van der Waals surface area contributed by atoms with Gasteiger partial charge in [-0.2, -0.15) is 8.78 Å². The highest BCUT2D eigenvalue weighted by molar-refractivity contribution is 5.72. The molecule has 0 N–H and O–H groups in total. The second-order valence-corrected chi connectivity index (χ2v) is 11.2. The highest BCUT2D eigenvalue weighted by atomic mass is 19.3. The highest BCUT2D eigenvalue weighted by Gasteiger charge is 2.38. The SMILES string of the molecule is CCC=CCC1CCC(c2ccc(-c3ccc(-c4ccc(C(F)(F)Oc5ccc(F)c(F)c5)c(F)c4)c(F)c3)c(F)c2)CC1. The van der Waals surface area contributed by atoms with E-state index in [9.17, 15) is 22.0 Å². The quantitative estimate of drug-likeness (QED) is 0.135. The summed E-state index contributed by atoms with van der Waals surface area (Å²) < 4.78 is 105. The van der Waals surface area contributed by atoms with Gasteiger partial charge in [0.2, 0.25) is 0 Å². The molecular formula is C36H31F7O. The maximum atomic E-state index is 15.2. The van der Waals surface area contributed by atoms with Crippen LogP contribution in [0.3, 0.4) is 0 Å². The van der Waals surface area contributed by atoms with Crippen LogP contribution in [0.5, 0.6) is 5.75 Å². The average Bonchev–Trinajstić information content (AvgIpc) is 2.99. The van der Waals surface area contributed by atoms with Crippen LogP contribution in [0.1, 0.15) is 62.5 Å². The van der Waals surface area contributed by atoms with Crippen LogP contribution in [0.15, 0.2) is 84.9 Å². The first-order chi connectivity index (χ1) is 21.1. The Morgan fingerprint density at radius 3 is 1.91 bits per heavy atom. The summed E-state index contributed by atoms with van der Waals surface area (Å²) in [4.78, 5) is 0. The number of rotatable bonds is 9. The number of hydrogen-bond acceptors (Lipinski definition) is 1. The summed E-state index contributed by atoms with van der Waals surface area (Å²) in [6.45, 7) is 2.11. The molecule has 0 aromatic heterocycles. The van der Waals surface area contributed by atoms with Gasteiger partial charge in [0.1, 0.15) is 23.2 Å². The topological polar surface area (TPSA) is 9.23 Å². The second kappa shape index (κ2) is 13.3. The summed E-state index contributed by atoms with van der Waals surface area (Å²) in [6, 6.07) is 13.3. The lowest BCUT2D eigenvalue weighted by Crippen LogP contribution is -2.23. The Morgan fingerprint density at radius 2 is 1.30 bits per heavy atom. The molecule has 0 saturated heterocycles. The number of hydrogen-bond donors (Lipinski definition) is 0. The lowest BCUT2D eigenvalue weighted by molar-refractivity contribution is -0.187. The zero-order chi connectivity index (χ0) is 31.4. The lowest BCUT2D eigenvalue weighted by Gasteiger charge is -2.28. The van der Waals surface area contributed by atoms with E-state index in [1.54, 1.807) is 6.07 Å². The van der Waals surface area contributed by atoms with Gasteiger partial charge in [-0.25, -0.2) is 22.0 Å². The molecule has 230 valence electrons. The Labute approximate surface area is 252 Å². The predicted octanol–water partition coefficient (Wildman–Crippen LogP) is 11.5. The van der Waals surface area contributed by atoms with Crippen molar-refractivity contribution in [2.75, 3.05) is 0 Å². The van der Waals surface area contributed by atoms with Gasteiger partial charge >= 0.3 is 6.11 Å². The summed E-state index contributed by atoms with van der Waals surface area (Å²) in [6.07, 6.45) is 6.47. The summed E-state index contributed by atoms with van der Waals surface area (Å²) >= 11 is 0. The maximum Gasteiger partial charge on any atom is 0.429 e. The monoisotopic (exact) mass is 612 g/mol. The molecule has 1 saturated carbocycles. The van der Waals surface area contributed by atoms with Crippen molar-refractivity contribution in [1.82, 2.24) is 0 Å². The third-order valence-corrected chi connectivity index (χ3v) is 8.19. The Bertz CT molecular complexity index is 1650. The van der Waals surface area contributed by atoms with E-state index in [4.69, 9.17) is 0 Å². The fraction of sp³-hybridized carbons (Fsp3) is 0.278. The minimum Gasteiger partial charge on any atom is -0.429 e. The molecule has 0 radical (unpaired) electrons. The molecule has 44 heavy (non-hydrogen) atoms. The highest BCUT2D eigenvalue weighted by Crippen LogP contribution is 2.40. The molecule has 0 unspecified atom stereocenters. The van der Waals surface area contributed by atoms with E-state index < -0.39 is 46.5 Å². The first kappa shape index (κ1) is 31.4. The number of allylic oxidation sites excluding steroid dienone is 2. The molecule has 0 spiro atoms. The largest absolute Gasteiger partial charge is 0.429 e. The van der Waals surface area contributed by atoms with E-state index in [-0.39, 0.29) is 28.2 Å². The van der Waals surface area contributed by atoms with Crippen molar-refractivity contribution in [3.8, 4) is 28.0 Å². The maximum absolute atomic E-state index is 15.2. The van der Waals surface area contributed by atoms with Gasteiger partial charge in [-0.3, -0.25) is 0 Å². The molecule has 8 heteroatoms. The Hall–Kier alpha value is -4.07. The molecule has 0 atom stereocenters. The minimum absolute atomic E-state index is 0.0319. The molecule has 0 heterocycles. The zero-order valence-corrected chi connectivity index (χ0v) is 24.0. The lowest BCUT2D eigenvalue weighted by atomic mass is 9.77. The molecule has 1 aliphatic carbocycles. The Kier molecular flexibility index (Phi) is 9.47. The summed E-state index contributed by atoms with van der Waals surface area (Å²) in [5.41, 5.74) is 0.138. The van der Waals surface area contributed by atoms with Crippen LogP contribution < -0.4 is 4.74 Å². The standard InChI is InChI=1S/C36H31F7O/c1-2-3-4-5-22-6-8-23(9-7-22)24-10-14-28(32(38)18-24)25-11-15-29(33(39)19-25)26-12-16-30(34(40)20-26)36(42,43)44-27-13-17-31(37)35(41)21-27/h3-4,10-23H,2,5-9H2,1H3. The number of ether oxygens (including phenoxy) is 1. The average molecular weight is 613 g/mol. The second-order valence-electron chi connectivity index (χ2n) is 11.2. The van der Waals surface area contributed by atoms with E-state index in [2.05, 4.69) is 23.8 Å². The van der Waals surface area contributed by atoms with Crippen LogP contribution in [-0.2, 0) is 6.11 Å². The first-order valence-corrected chi connectivity index (χ1v) is 14.6. The Morgan fingerprint density at radius 1 is 0.659 bits per heavy atom. The molecule has 0 amide bonds. The van der Waals surface area contributed by atoms with Crippen molar-refractivity contribution >= 4 is 0 Å². The summed E-state index contributed by atoms with van der Waals surface area (Å²) in [5.74, 6) is -5.10. The van der Waals surface area contributed by atoms with Gasteiger partial charge in [-0.1, -0.05) is 49.4 Å². The third kappa shape index (κ3) is 7.01. The molecule has 4 aromatic rings. The van der Waals surface area contributed by atoms with Gasteiger partial charge in [0.15, 0.2) is 11.6 Å². The number of halogens is 7. The van der Waals surface area contributed by atoms with Gasteiger partial charge in [0, 0.05) is 17.2 Å². The molecule has 1 nitrogen and oxygen atoms in total. The van der Waals surface area contributed by atoms with E-state index in [1.165, 1.54) is 18.2 Å². The molecule has 0 aliphatic heterocycles. The molecule has 4 aromatic carbocycles. The first-order valence-electron chi connectivity index (χ1n) is 14.6. The van der Waals surface area contributed by atoms with Crippen LogP contribution in [0.4, 0.5) is 30.7 Å². The molecule has 0 bridgehead atoms. The van der Waals surface area contributed by atoms with Gasteiger partial charge in [0.05, 0.1) is 5.56 Å². The summed E-state index contributed by atoms with van der Waals surface area (Å²) in [5, 5.41) is 0. The number of benzene rings is 4. The summed E-state index contributed by atoms with van der Waals surface area (Å²) in [7, 11) is 0. The van der Waals surface area contributed by atoms with Crippen molar-refractivity contribution in [3.63, 3.8) is 0 Å². The third-order valence-electron chi connectivity index (χ3n) is 8.19. The van der Waals surface area contributed by atoms with Crippen molar-refractivity contribution in [2.45, 2.75) is 57.5 Å². The van der Waals surface area contributed by atoms with Crippen molar-refractivity contribution in [2.24, 2.45) is 5.92 Å². The molecule has 1 aliphatic rings. The minimum atomic E-state index is -4.23. The van der Waals surface area contributed by atoms with Gasteiger partial charge in [0.25, 0.3) is 0 Å². The van der Waals surface area contributed by atoms with Crippen molar-refractivity contribution < 1.29 is 35.5 Å². The van der Waals surface area contributed by atoms with Gasteiger partial charge in [-0.15, -0.1) is 0 Å². The predicted molar refractivity (Wildman–Crippen MR) is 157 cm³/mol. The fourth-order valence-electron chi connectivity index (χ4n) is 5.78. The van der Waals surface area contributed by atoms with Gasteiger partial charge < -0.3 is 4.74 Å². The molecule has 1 fully saturated rings. The fourth-order valence-corrected chi connectivity index (χ4v) is 5.78. The normalized spacial score (nSPS) is 17.3. The van der Waals surface area contributed by atoms with Crippen molar-refractivity contribution in [3.05, 3.63) is 125 Å². The van der Waals surface area contributed by atoms with Crippen molar-refractivity contribution in [1.29, 1.82) is 0 Å². The van der Waals surface area contributed by atoms with Crippen LogP contribution in [0.25, 0.3) is 22.3 Å². The van der Waals surface area contributed by atoms with E-state index >= 15 is 8.78 Å². The molecule has 5 rings (SSSR count). The van der Waals surface area contributed by atoms with E-state index in [0.29, 0.717) is 18.1 Å². The number of alkyl halides is 2. The van der Waals surface area contributed by atoms with Crippen LogP contribution in [-0.4, -0.2) is 0 Å². The van der Waals surface area contributed by atoms with E-state index in [1.807, 2.05) is 6.07 Å². The Balaban J connectivity index is 1.30. The van der Waals surface area contributed by atoms with Crippen LogP contribution in [0, 0.1) is 35.0 Å². The smallest absolute Gasteiger partial charge is 0.429 e. The van der Waals surface area contributed by atoms with Crippen LogP contribution in [0.2, 0.25) is 0 Å². The zero-order valence-electron chi connectivity index (χ0n) is 24.0. The van der Waals surface area contributed by atoms with Crippen LogP contribution >= 0.6 is 0 Å².